The zero-order chi connectivity index (χ0) is 16.5. The number of benzene rings is 1. The maximum atomic E-state index is 12.2. The van der Waals surface area contributed by atoms with Gasteiger partial charge < -0.3 is 15.0 Å². The van der Waals surface area contributed by atoms with Crippen LogP contribution in [0.25, 0.3) is 6.08 Å². The van der Waals surface area contributed by atoms with Gasteiger partial charge in [-0.05, 0) is 30.7 Å². The third-order valence-electron chi connectivity index (χ3n) is 3.02. The topological polar surface area (TPSA) is 58.6 Å². The predicted molar refractivity (Wildman–Crippen MR) is 90.7 cm³/mol. The molecule has 0 aromatic heterocycles. The Morgan fingerprint density at radius 3 is 2.73 bits per heavy atom. The number of nitrogens with one attached hydrogen (secondary N) is 1. The molecule has 0 bridgehead atoms. The second-order valence-corrected chi connectivity index (χ2v) is 5.57. The first-order valence-corrected chi connectivity index (χ1v) is 7.82. The summed E-state index contributed by atoms with van der Waals surface area (Å²) in [5.41, 5.74) is 0.793. The van der Waals surface area contributed by atoms with Crippen molar-refractivity contribution in [1.82, 2.24) is 10.2 Å². The van der Waals surface area contributed by atoms with Crippen molar-refractivity contribution in [1.29, 1.82) is 0 Å². The molecule has 0 saturated carbocycles. The second kappa shape index (κ2) is 9.25. The summed E-state index contributed by atoms with van der Waals surface area (Å²) >= 11 is 3.39. The van der Waals surface area contributed by atoms with E-state index in [1.165, 1.54) is 11.0 Å². The number of carbonyl (C=O) groups is 2. The zero-order valence-corrected chi connectivity index (χ0v) is 14.6. The average molecular weight is 369 g/mol. The number of halogens is 1. The first-order chi connectivity index (χ1) is 10.5. The van der Waals surface area contributed by atoms with Crippen molar-refractivity contribution in [3.05, 3.63) is 34.3 Å². The van der Waals surface area contributed by atoms with Gasteiger partial charge in [0, 0.05) is 29.7 Å². The molecule has 22 heavy (non-hydrogen) atoms. The predicted octanol–water partition coefficient (Wildman–Crippen LogP) is 2.46. The van der Waals surface area contributed by atoms with Crippen molar-refractivity contribution in [2.75, 3.05) is 27.2 Å². The first kappa shape index (κ1) is 18.2. The molecule has 2 amide bonds. The first-order valence-electron chi connectivity index (χ1n) is 7.03. The number of hydrogen-bond donors (Lipinski definition) is 1. The lowest BCUT2D eigenvalue weighted by Gasteiger charge is -2.19. The fourth-order valence-electron chi connectivity index (χ4n) is 1.89. The van der Waals surface area contributed by atoms with Gasteiger partial charge in [-0.2, -0.15) is 0 Å². The summed E-state index contributed by atoms with van der Waals surface area (Å²) in [4.78, 5) is 25.2. The summed E-state index contributed by atoms with van der Waals surface area (Å²) in [6.45, 7) is 2.56. The molecule has 0 aliphatic heterocycles. The van der Waals surface area contributed by atoms with Crippen LogP contribution >= 0.6 is 15.9 Å². The second-order valence-electron chi connectivity index (χ2n) is 4.65. The van der Waals surface area contributed by atoms with E-state index in [0.29, 0.717) is 12.3 Å². The van der Waals surface area contributed by atoms with Gasteiger partial charge in [0.2, 0.25) is 11.8 Å². The number of likely N-dealkylation sites (N-methyl/N-ethyl adjacent to an activating group) is 1. The van der Waals surface area contributed by atoms with Gasteiger partial charge in [0.1, 0.15) is 5.75 Å². The van der Waals surface area contributed by atoms with E-state index in [4.69, 9.17) is 4.74 Å². The summed E-state index contributed by atoms with van der Waals surface area (Å²) in [6.07, 6.45) is 3.94. The van der Waals surface area contributed by atoms with Gasteiger partial charge in [-0.3, -0.25) is 9.59 Å². The fourth-order valence-corrected chi connectivity index (χ4v) is 2.27. The molecule has 0 atom stereocenters. The Hall–Kier alpha value is -1.82. The Bertz CT molecular complexity index is 558. The van der Waals surface area contributed by atoms with Gasteiger partial charge in [-0.25, -0.2) is 0 Å². The van der Waals surface area contributed by atoms with E-state index in [2.05, 4.69) is 21.2 Å². The standard InChI is InChI=1S/C16H21BrN2O3/c1-4-9-19(11-15(20)18-2)16(21)8-5-12-10-13(17)6-7-14(12)22-3/h5-8,10H,4,9,11H2,1-3H3,(H,18,20). The Kier molecular flexibility index (Phi) is 7.66. The Morgan fingerprint density at radius 1 is 1.41 bits per heavy atom. The highest BCUT2D eigenvalue weighted by atomic mass is 79.9. The van der Waals surface area contributed by atoms with Crippen LogP contribution in [0, 0.1) is 0 Å². The minimum absolute atomic E-state index is 0.0587. The van der Waals surface area contributed by atoms with Gasteiger partial charge in [-0.1, -0.05) is 22.9 Å². The quantitative estimate of drug-likeness (QED) is 0.752. The Balaban J connectivity index is 2.88. The lowest BCUT2D eigenvalue weighted by atomic mass is 10.2. The van der Waals surface area contributed by atoms with Crippen molar-refractivity contribution in [2.45, 2.75) is 13.3 Å². The molecule has 0 saturated heterocycles. The molecule has 0 aliphatic carbocycles. The van der Waals surface area contributed by atoms with Gasteiger partial charge in [0.05, 0.1) is 13.7 Å². The Morgan fingerprint density at radius 2 is 2.14 bits per heavy atom. The molecule has 0 fully saturated rings. The van der Waals surface area contributed by atoms with E-state index in [0.717, 1.165) is 16.5 Å². The molecule has 0 aliphatic rings. The fraction of sp³-hybridized carbons (Fsp3) is 0.375. The third kappa shape index (κ3) is 5.52. The zero-order valence-electron chi connectivity index (χ0n) is 13.1. The van der Waals surface area contributed by atoms with Gasteiger partial charge >= 0.3 is 0 Å². The van der Waals surface area contributed by atoms with E-state index < -0.39 is 0 Å². The monoisotopic (exact) mass is 368 g/mol. The molecule has 5 nitrogen and oxygen atoms in total. The molecule has 1 aromatic carbocycles. The molecule has 120 valence electrons. The van der Waals surface area contributed by atoms with E-state index in [9.17, 15) is 9.59 Å². The highest BCUT2D eigenvalue weighted by Gasteiger charge is 2.13. The maximum absolute atomic E-state index is 12.2. The van der Waals surface area contributed by atoms with Gasteiger partial charge in [0.25, 0.3) is 0 Å². The number of nitrogens with zero attached hydrogens (tertiary/aromatic N) is 1. The van der Waals surface area contributed by atoms with E-state index in [-0.39, 0.29) is 18.4 Å². The molecular weight excluding hydrogens is 348 g/mol. The largest absolute Gasteiger partial charge is 0.496 e. The molecule has 1 rings (SSSR count). The summed E-state index contributed by atoms with van der Waals surface area (Å²) < 4.78 is 6.16. The van der Waals surface area contributed by atoms with Crippen molar-refractivity contribution in [3.63, 3.8) is 0 Å². The average Bonchev–Trinajstić information content (AvgIpc) is 2.52. The number of rotatable bonds is 7. The molecule has 0 heterocycles. The normalized spacial score (nSPS) is 10.5. The number of methoxy groups -OCH3 is 1. The van der Waals surface area contributed by atoms with Crippen molar-refractivity contribution in [2.24, 2.45) is 0 Å². The van der Waals surface area contributed by atoms with Crippen LogP contribution in [-0.4, -0.2) is 44.0 Å². The molecule has 1 N–H and O–H groups in total. The minimum Gasteiger partial charge on any atom is -0.496 e. The van der Waals surface area contributed by atoms with Crippen LogP contribution in [0.1, 0.15) is 18.9 Å². The summed E-state index contributed by atoms with van der Waals surface area (Å²) in [5.74, 6) is 0.295. The maximum Gasteiger partial charge on any atom is 0.247 e. The van der Waals surface area contributed by atoms with Crippen LogP contribution in [0.2, 0.25) is 0 Å². The van der Waals surface area contributed by atoms with E-state index >= 15 is 0 Å². The van der Waals surface area contributed by atoms with Gasteiger partial charge in [0.15, 0.2) is 0 Å². The van der Waals surface area contributed by atoms with Crippen molar-refractivity contribution >= 4 is 33.8 Å². The highest BCUT2D eigenvalue weighted by Crippen LogP contribution is 2.24. The van der Waals surface area contributed by atoms with Crippen molar-refractivity contribution < 1.29 is 14.3 Å². The lowest BCUT2D eigenvalue weighted by Crippen LogP contribution is -2.39. The minimum atomic E-state index is -0.201. The third-order valence-corrected chi connectivity index (χ3v) is 3.51. The number of ether oxygens (including phenoxy) is 1. The Labute approximate surface area is 139 Å². The van der Waals surface area contributed by atoms with Crippen LogP contribution in [0.3, 0.4) is 0 Å². The van der Waals surface area contributed by atoms with Crippen LogP contribution in [-0.2, 0) is 9.59 Å². The number of amides is 2. The van der Waals surface area contributed by atoms with E-state index in [1.54, 1.807) is 20.2 Å². The molecule has 0 unspecified atom stereocenters. The molecule has 6 heteroatoms. The van der Waals surface area contributed by atoms with Crippen LogP contribution in [0.15, 0.2) is 28.7 Å². The van der Waals surface area contributed by atoms with Crippen LogP contribution in [0.5, 0.6) is 5.75 Å². The van der Waals surface area contributed by atoms with E-state index in [1.807, 2.05) is 25.1 Å². The van der Waals surface area contributed by atoms with Crippen LogP contribution < -0.4 is 10.1 Å². The van der Waals surface area contributed by atoms with Crippen molar-refractivity contribution in [3.8, 4) is 5.75 Å². The smallest absolute Gasteiger partial charge is 0.247 e. The summed E-state index contributed by atoms with van der Waals surface area (Å²) in [6, 6.07) is 5.56. The summed E-state index contributed by atoms with van der Waals surface area (Å²) in [5, 5.41) is 2.53. The molecule has 1 aromatic rings. The number of carbonyl (C=O) groups excluding carboxylic acids is 2. The number of hydrogen-bond acceptors (Lipinski definition) is 3. The lowest BCUT2D eigenvalue weighted by molar-refractivity contribution is -0.132. The highest BCUT2D eigenvalue weighted by molar-refractivity contribution is 9.10. The summed E-state index contributed by atoms with van der Waals surface area (Å²) in [7, 11) is 3.14. The molecule has 0 spiro atoms. The van der Waals surface area contributed by atoms with Gasteiger partial charge in [-0.15, -0.1) is 0 Å². The SMILES string of the molecule is CCCN(CC(=O)NC)C(=O)C=Cc1cc(Br)ccc1OC. The molecular formula is C16H21BrN2O3. The molecule has 0 radical (unpaired) electrons. The van der Waals surface area contributed by atoms with Crippen LogP contribution in [0.4, 0.5) is 0 Å².